The number of nitrogens with two attached hydrogens (primary N) is 1. The first-order valence-electron chi connectivity index (χ1n) is 7.56. The molecule has 0 spiro atoms. The molecule has 1 aromatic heterocycles. The van der Waals surface area contributed by atoms with Gasteiger partial charge in [-0.15, -0.1) is 10.2 Å². The number of nitrogen functional groups attached to an aromatic ring is 1. The fraction of sp³-hybridized carbons (Fsp3) is 0.375. The SMILES string of the molecule is CCC(C(=O)Nc1cc(C)ccc1C)n1c(N)nnc1SCC#N. The maximum Gasteiger partial charge on any atom is 0.247 e. The summed E-state index contributed by atoms with van der Waals surface area (Å²) in [6.45, 7) is 5.81. The minimum Gasteiger partial charge on any atom is -0.368 e. The molecule has 1 heterocycles. The van der Waals surface area contributed by atoms with Crippen LogP contribution in [0.2, 0.25) is 0 Å². The van der Waals surface area contributed by atoms with Crippen LogP contribution in [-0.4, -0.2) is 26.4 Å². The van der Waals surface area contributed by atoms with Crippen LogP contribution in [0, 0.1) is 25.2 Å². The second kappa shape index (κ2) is 7.84. The molecule has 7 nitrogen and oxygen atoms in total. The van der Waals surface area contributed by atoms with Crippen molar-refractivity contribution in [2.75, 3.05) is 16.8 Å². The van der Waals surface area contributed by atoms with Crippen LogP contribution in [0.5, 0.6) is 0 Å². The summed E-state index contributed by atoms with van der Waals surface area (Å²) in [7, 11) is 0. The summed E-state index contributed by atoms with van der Waals surface area (Å²) >= 11 is 1.21. The van der Waals surface area contributed by atoms with Gasteiger partial charge < -0.3 is 11.1 Å². The molecule has 1 unspecified atom stereocenters. The molecular weight excluding hydrogens is 324 g/mol. The van der Waals surface area contributed by atoms with Crippen molar-refractivity contribution in [3.05, 3.63) is 29.3 Å². The van der Waals surface area contributed by atoms with Crippen LogP contribution < -0.4 is 11.1 Å². The smallest absolute Gasteiger partial charge is 0.247 e. The number of nitriles is 1. The first-order chi connectivity index (χ1) is 11.5. The largest absolute Gasteiger partial charge is 0.368 e. The van der Waals surface area contributed by atoms with Crippen LogP contribution in [0.15, 0.2) is 23.4 Å². The highest BCUT2D eigenvalue weighted by Crippen LogP contribution is 2.26. The Kier molecular flexibility index (Phi) is 5.82. The number of hydrogen-bond donors (Lipinski definition) is 2. The van der Waals surface area contributed by atoms with Gasteiger partial charge in [0.05, 0.1) is 11.8 Å². The molecule has 2 aromatic rings. The van der Waals surface area contributed by atoms with Crippen LogP contribution in [0.25, 0.3) is 0 Å². The van der Waals surface area contributed by atoms with Crippen molar-refractivity contribution in [3.8, 4) is 6.07 Å². The number of carbonyl (C=O) groups excluding carboxylic acids is 1. The quantitative estimate of drug-likeness (QED) is 0.780. The van der Waals surface area contributed by atoms with Gasteiger partial charge in [-0.3, -0.25) is 9.36 Å². The van der Waals surface area contributed by atoms with E-state index in [1.54, 1.807) is 4.57 Å². The number of carbonyl (C=O) groups is 1. The van der Waals surface area contributed by atoms with Crippen molar-refractivity contribution in [2.24, 2.45) is 0 Å². The van der Waals surface area contributed by atoms with E-state index in [0.717, 1.165) is 16.8 Å². The van der Waals surface area contributed by atoms with Gasteiger partial charge in [0.15, 0.2) is 5.16 Å². The zero-order valence-electron chi connectivity index (χ0n) is 13.9. The summed E-state index contributed by atoms with van der Waals surface area (Å²) in [4.78, 5) is 12.8. The van der Waals surface area contributed by atoms with E-state index in [1.807, 2.05) is 45.0 Å². The Balaban J connectivity index is 2.28. The third-order valence-electron chi connectivity index (χ3n) is 3.61. The Labute approximate surface area is 145 Å². The highest BCUT2D eigenvalue weighted by atomic mass is 32.2. The summed E-state index contributed by atoms with van der Waals surface area (Å²) in [6.07, 6.45) is 0.527. The summed E-state index contributed by atoms with van der Waals surface area (Å²) in [5, 5.41) is 20.0. The third kappa shape index (κ3) is 3.86. The third-order valence-corrected chi connectivity index (χ3v) is 4.42. The standard InChI is InChI=1S/C16H20N6OS/c1-4-13(22-15(18)20-21-16(22)24-8-7-17)14(23)19-12-9-10(2)5-6-11(12)3/h5-6,9,13H,4,8H2,1-3H3,(H2,18,20)(H,19,23). The lowest BCUT2D eigenvalue weighted by Gasteiger charge is -2.19. The van der Waals surface area contributed by atoms with Crippen LogP contribution in [-0.2, 0) is 4.79 Å². The van der Waals surface area contributed by atoms with Crippen LogP contribution in [0.4, 0.5) is 11.6 Å². The van der Waals surface area contributed by atoms with E-state index in [-0.39, 0.29) is 17.6 Å². The van der Waals surface area contributed by atoms with E-state index in [0.29, 0.717) is 11.6 Å². The molecule has 1 aromatic carbocycles. The number of nitrogens with zero attached hydrogens (tertiary/aromatic N) is 4. The predicted octanol–water partition coefficient (Wildman–Crippen LogP) is 2.68. The maximum atomic E-state index is 12.8. The zero-order valence-corrected chi connectivity index (χ0v) is 14.7. The average molecular weight is 344 g/mol. The van der Waals surface area contributed by atoms with Gasteiger partial charge in [-0.25, -0.2) is 0 Å². The first-order valence-corrected chi connectivity index (χ1v) is 8.54. The number of benzene rings is 1. The average Bonchev–Trinajstić information content (AvgIpc) is 2.91. The van der Waals surface area contributed by atoms with Crippen LogP contribution >= 0.6 is 11.8 Å². The molecule has 0 aliphatic heterocycles. The molecule has 0 bridgehead atoms. The van der Waals surface area contributed by atoms with Gasteiger partial charge in [-0.05, 0) is 37.5 Å². The van der Waals surface area contributed by atoms with Crippen molar-refractivity contribution < 1.29 is 4.79 Å². The Hall–Kier alpha value is -2.53. The molecule has 0 saturated heterocycles. The number of nitrogens with one attached hydrogen (secondary N) is 1. The number of aryl methyl sites for hydroxylation is 2. The summed E-state index contributed by atoms with van der Waals surface area (Å²) in [5.74, 6) is 0.197. The van der Waals surface area contributed by atoms with E-state index >= 15 is 0 Å². The van der Waals surface area contributed by atoms with Crippen molar-refractivity contribution in [3.63, 3.8) is 0 Å². The molecule has 1 atom stereocenters. The highest BCUT2D eigenvalue weighted by molar-refractivity contribution is 7.99. The van der Waals surface area contributed by atoms with Gasteiger partial charge in [-0.2, -0.15) is 5.26 Å². The highest BCUT2D eigenvalue weighted by Gasteiger charge is 2.25. The predicted molar refractivity (Wildman–Crippen MR) is 94.6 cm³/mol. The van der Waals surface area contributed by atoms with Crippen molar-refractivity contribution in [1.82, 2.24) is 14.8 Å². The van der Waals surface area contributed by atoms with E-state index in [2.05, 4.69) is 15.5 Å². The van der Waals surface area contributed by atoms with E-state index in [1.165, 1.54) is 11.8 Å². The van der Waals surface area contributed by atoms with Gasteiger partial charge in [-0.1, -0.05) is 30.8 Å². The number of rotatable bonds is 6. The van der Waals surface area contributed by atoms with Gasteiger partial charge in [0.2, 0.25) is 11.9 Å². The lowest BCUT2D eigenvalue weighted by Crippen LogP contribution is -2.27. The minimum atomic E-state index is -0.541. The fourth-order valence-corrected chi connectivity index (χ4v) is 3.00. The van der Waals surface area contributed by atoms with E-state index in [9.17, 15) is 4.79 Å². The van der Waals surface area contributed by atoms with Crippen molar-refractivity contribution >= 4 is 29.3 Å². The normalized spacial score (nSPS) is 11.8. The van der Waals surface area contributed by atoms with Crippen molar-refractivity contribution in [2.45, 2.75) is 38.4 Å². The summed E-state index contributed by atoms with van der Waals surface area (Å²) < 4.78 is 1.59. The Bertz CT molecular complexity index is 779. The number of hydrogen-bond acceptors (Lipinski definition) is 6. The lowest BCUT2D eigenvalue weighted by molar-refractivity contribution is -0.119. The molecule has 0 fully saturated rings. The number of anilines is 2. The topological polar surface area (TPSA) is 110 Å². The van der Waals surface area contributed by atoms with E-state index in [4.69, 9.17) is 11.0 Å². The minimum absolute atomic E-state index is 0.165. The van der Waals surface area contributed by atoms with Crippen LogP contribution in [0.3, 0.4) is 0 Å². The number of thioether (sulfide) groups is 1. The summed E-state index contributed by atoms with van der Waals surface area (Å²) in [5.41, 5.74) is 8.72. The molecule has 126 valence electrons. The molecule has 1 amide bonds. The first kappa shape index (κ1) is 17.8. The fourth-order valence-electron chi connectivity index (χ4n) is 2.35. The van der Waals surface area contributed by atoms with Crippen LogP contribution in [0.1, 0.15) is 30.5 Å². The van der Waals surface area contributed by atoms with Crippen molar-refractivity contribution in [1.29, 1.82) is 5.26 Å². The molecular formula is C16H20N6OS. The Morgan fingerprint density at radius 3 is 2.88 bits per heavy atom. The second-order valence-corrected chi connectivity index (χ2v) is 6.33. The molecule has 24 heavy (non-hydrogen) atoms. The lowest BCUT2D eigenvalue weighted by atomic mass is 10.1. The monoisotopic (exact) mass is 344 g/mol. The molecule has 0 aliphatic carbocycles. The van der Waals surface area contributed by atoms with Gasteiger partial charge in [0, 0.05) is 5.69 Å². The van der Waals surface area contributed by atoms with Gasteiger partial charge in [0.25, 0.3) is 0 Å². The Morgan fingerprint density at radius 2 is 2.21 bits per heavy atom. The number of aromatic nitrogens is 3. The molecule has 0 saturated carbocycles. The maximum absolute atomic E-state index is 12.8. The van der Waals surface area contributed by atoms with Gasteiger partial charge in [0.1, 0.15) is 6.04 Å². The number of amides is 1. The molecule has 2 rings (SSSR count). The second-order valence-electron chi connectivity index (χ2n) is 5.39. The molecule has 8 heteroatoms. The summed E-state index contributed by atoms with van der Waals surface area (Å²) in [6, 6.07) is 7.39. The zero-order chi connectivity index (χ0) is 17.7. The molecule has 0 radical (unpaired) electrons. The molecule has 0 aliphatic rings. The Morgan fingerprint density at radius 1 is 1.46 bits per heavy atom. The van der Waals surface area contributed by atoms with Gasteiger partial charge >= 0.3 is 0 Å². The van der Waals surface area contributed by atoms with E-state index < -0.39 is 6.04 Å². The molecule has 3 N–H and O–H groups in total.